The lowest BCUT2D eigenvalue weighted by atomic mass is 10.3. The van der Waals surface area contributed by atoms with Gasteiger partial charge >= 0.3 is 0 Å². The van der Waals surface area contributed by atoms with E-state index >= 15 is 0 Å². The van der Waals surface area contributed by atoms with Crippen LogP contribution >= 0.6 is 0 Å². The first-order valence-corrected chi connectivity index (χ1v) is 9.80. The highest BCUT2D eigenvalue weighted by molar-refractivity contribution is 7.89. The van der Waals surface area contributed by atoms with Gasteiger partial charge in [-0.1, -0.05) is 0 Å². The van der Waals surface area contributed by atoms with Crippen LogP contribution in [0.5, 0.6) is 0 Å². The molecule has 0 unspecified atom stereocenters. The predicted molar refractivity (Wildman–Crippen MR) is 98.9 cm³/mol. The molecule has 27 heavy (non-hydrogen) atoms. The lowest BCUT2D eigenvalue weighted by Crippen LogP contribution is -2.52. The summed E-state index contributed by atoms with van der Waals surface area (Å²) in [6.07, 6.45) is 6.65. The minimum atomic E-state index is -3.75. The third kappa shape index (κ3) is 3.34. The minimum absolute atomic E-state index is 0.154. The fourth-order valence-corrected chi connectivity index (χ4v) is 4.37. The topological polar surface area (TPSA) is 88.4 Å². The molecule has 138 valence electrons. The molecule has 0 spiro atoms. The van der Waals surface area contributed by atoms with E-state index in [4.69, 9.17) is 0 Å². The Morgan fingerprint density at radius 1 is 0.926 bits per heavy atom. The molecule has 0 bridgehead atoms. The highest BCUT2D eigenvalue weighted by atomic mass is 32.2. The molecule has 0 radical (unpaired) electrons. The predicted octanol–water partition coefficient (Wildman–Crippen LogP) is 1.30. The largest absolute Gasteiger partial charge is 0.308 e. The zero-order valence-electron chi connectivity index (χ0n) is 14.3. The SMILES string of the molecule is O=C1CN(S(=O)(=O)c2ccc(-n3cccn3)cc2)CCN1c1cccnc1. The van der Waals surface area contributed by atoms with Gasteiger partial charge in [-0.15, -0.1) is 0 Å². The van der Waals surface area contributed by atoms with Crippen LogP contribution in [0, 0.1) is 0 Å². The lowest BCUT2D eigenvalue weighted by Gasteiger charge is -2.33. The second-order valence-electron chi connectivity index (χ2n) is 6.04. The van der Waals surface area contributed by atoms with E-state index in [-0.39, 0.29) is 30.4 Å². The van der Waals surface area contributed by atoms with E-state index in [0.29, 0.717) is 5.69 Å². The number of sulfonamides is 1. The maximum absolute atomic E-state index is 12.9. The average molecular weight is 383 g/mol. The summed E-state index contributed by atoms with van der Waals surface area (Å²) in [7, 11) is -3.75. The summed E-state index contributed by atoms with van der Waals surface area (Å²) in [4.78, 5) is 18.2. The number of rotatable bonds is 4. The number of amides is 1. The molecule has 3 aromatic rings. The summed E-state index contributed by atoms with van der Waals surface area (Å²) in [6, 6.07) is 11.8. The van der Waals surface area contributed by atoms with Crippen LogP contribution < -0.4 is 4.90 Å². The Bertz CT molecular complexity index is 1030. The van der Waals surface area contributed by atoms with E-state index in [2.05, 4.69) is 10.1 Å². The molecule has 0 atom stereocenters. The first-order valence-electron chi connectivity index (χ1n) is 8.36. The van der Waals surface area contributed by atoms with Gasteiger partial charge < -0.3 is 4.90 Å². The number of piperazine rings is 1. The fourth-order valence-electron chi connectivity index (χ4n) is 2.98. The van der Waals surface area contributed by atoms with Crippen molar-refractivity contribution in [2.24, 2.45) is 0 Å². The van der Waals surface area contributed by atoms with E-state index in [1.165, 1.54) is 16.4 Å². The number of carbonyl (C=O) groups excluding carboxylic acids is 1. The van der Waals surface area contributed by atoms with Gasteiger partial charge in [0, 0.05) is 31.7 Å². The molecule has 0 aliphatic carbocycles. The van der Waals surface area contributed by atoms with Crippen LogP contribution in [0.4, 0.5) is 5.69 Å². The van der Waals surface area contributed by atoms with E-state index in [1.807, 2.05) is 0 Å². The molecule has 0 saturated carbocycles. The van der Waals surface area contributed by atoms with Crippen LogP contribution in [0.25, 0.3) is 5.69 Å². The molecular formula is C18H17N5O3S. The number of hydrogen-bond acceptors (Lipinski definition) is 5. The molecule has 2 aromatic heterocycles. The summed E-state index contributed by atoms with van der Waals surface area (Å²) < 4.78 is 28.6. The van der Waals surface area contributed by atoms with Gasteiger partial charge in [-0.25, -0.2) is 13.1 Å². The second kappa shape index (κ2) is 6.93. The van der Waals surface area contributed by atoms with Gasteiger partial charge in [-0.3, -0.25) is 9.78 Å². The van der Waals surface area contributed by atoms with Crippen molar-refractivity contribution in [1.29, 1.82) is 0 Å². The Labute approximate surface area is 156 Å². The first kappa shape index (κ1) is 17.4. The van der Waals surface area contributed by atoms with Gasteiger partial charge in [0.2, 0.25) is 15.9 Å². The normalized spacial score (nSPS) is 15.9. The molecule has 3 heterocycles. The Balaban J connectivity index is 1.52. The van der Waals surface area contributed by atoms with Crippen molar-refractivity contribution in [2.75, 3.05) is 24.5 Å². The van der Waals surface area contributed by atoms with Crippen LogP contribution in [0.2, 0.25) is 0 Å². The fraction of sp³-hybridized carbons (Fsp3) is 0.167. The third-order valence-corrected chi connectivity index (χ3v) is 6.25. The second-order valence-corrected chi connectivity index (χ2v) is 7.98. The Kier molecular flexibility index (Phi) is 4.46. The Hall–Kier alpha value is -3.04. The number of hydrogen-bond donors (Lipinski definition) is 0. The zero-order valence-corrected chi connectivity index (χ0v) is 15.2. The van der Waals surface area contributed by atoms with E-state index < -0.39 is 10.0 Å². The molecular weight excluding hydrogens is 366 g/mol. The Morgan fingerprint density at radius 3 is 2.37 bits per heavy atom. The van der Waals surface area contributed by atoms with Crippen molar-refractivity contribution in [3.05, 3.63) is 67.3 Å². The van der Waals surface area contributed by atoms with Crippen molar-refractivity contribution in [2.45, 2.75) is 4.90 Å². The molecule has 0 N–H and O–H groups in total. The van der Waals surface area contributed by atoms with Gasteiger partial charge in [-0.05, 0) is 42.5 Å². The number of pyridine rings is 1. The van der Waals surface area contributed by atoms with Gasteiger partial charge in [0.15, 0.2) is 0 Å². The smallest absolute Gasteiger partial charge is 0.243 e. The Morgan fingerprint density at radius 2 is 1.74 bits per heavy atom. The molecule has 1 saturated heterocycles. The number of benzene rings is 1. The molecule has 1 aliphatic rings. The summed E-state index contributed by atoms with van der Waals surface area (Å²) in [6.45, 7) is 0.317. The van der Waals surface area contributed by atoms with Crippen LogP contribution in [-0.4, -0.2) is 53.0 Å². The zero-order chi connectivity index (χ0) is 18.9. The third-order valence-electron chi connectivity index (χ3n) is 4.39. The van der Waals surface area contributed by atoms with Gasteiger partial charge in [0.25, 0.3) is 0 Å². The summed E-state index contributed by atoms with van der Waals surface area (Å²) in [5.74, 6) is -0.272. The monoisotopic (exact) mass is 383 g/mol. The molecule has 4 rings (SSSR count). The van der Waals surface area contributed by atoms with E-state index in [1.54, 1.807) is 64.7 Å². The maximum Gasteiger partial charge on any atom is 0.243 e. The highest BCUT2D eigenvalue weighted by Gasteiger charge is 2.33. The molecule has 1 fully saturated rings. The van der Waals surface area contributed by atoms with Gasteiger partial charge in [0.1, 0.15) is 0 Å². The first-order chi connectivity index (χ1) is 13.1. The number of aromatic nitrogens is 3. The number of carbonyl (C=O) groups is 1. The van der Waals surface area contributed by atoms with Crippen molar-refractivity contribution >= 4 is 21.6 Å². The molecule has 1 aliphatic heterocycles. The van der Waals surface area contributed by atoms with Crippen molar-refractivity contribution in [1.82, 2.24) is 19.1 Å². The number of anilines is 1. The summed E-state index contributed by atoms with van der Waals surface area (Å²) >= 11 is 0. The quantitative estimate of drug-likeness (QED) is 0.678. The van der Waals surface area contributed by atoms with Gasteiger partial charge in [-0.2, -0.15) is 9.40 Å². The van der Waals surface area contributed by atoms with E-state index in [9.17, 15) is 13.2 Å². The molecule has 9 heteroatoms. The number of nitrogens with zero attached hydrogens (tertiary/aromatic N) is 5. The van der Waals surface area contributed by atoms with E-state index in [0.717, 1.165) is 5.69 Å². The summed E-state index contributed by atoms with van der Waals surface area (Å²) in [5.41, 5.74) is 1.43. The van der Waals surface area contributed by atoms with Crippen molar-refractivity contribution in [3.8, 4) is 5.69 Å². The average Bonchev–Trinajstić information content (AvgIpc) is 3.23. The van der Waals surface area contributed by atoms with Crippen LogP contribution in [0.15, 0.2) is 72.1 Å². The maximum atomic E-state index is 12.9. The lowest BCUT2D eigenvalue weighted by molar-refractivity contribution is -0.119. The van der Waals surface area contributed by atoms with Gasteiger partial charge in [0.05, 0.1) is 29.0 Å². The minimum Gasteiger partial charge on any atom is -0.308 e. The van der Waals surface area contributed by atoms with Crippen molar-refractivity contribution < 1.29 is 13.2 Å². The van der Waals surface area contributed by atoms with Crippen LogP contribution in [0.3, 0.4) is 0 Å². The molecule has 1 amide bonds. The van der Waals surface area contributed by atoms with Crippen molar-refractivity contribution in [3.63, 3.8) is 0 Å². The molecule has 1 aromatic carbocycles. The van der Waals surface area contributed by atoms with Crippen LogP contribution in [-0.2, 0) is 14.8 Å². The summed E-state index contributed by atoms with van der Waals surface area (Å²) in [5, 5.41) is 4.12. The molecule has 8 nitrogen and oxygen atoms in total. The highest BCUT2D eigenvalue weighted by Crippen LogP contribution is 2.22. The standard InChI is InChI=1S/C18H17N5O3S/c24-18-14-21(11-12-22(18)16-3-1-8-19-13-16)27(25,26)17-6-4-15(5-7-17)23-10-2-9-20-23/h1-10,13H,11-12,14H2. The van der Waals surface area contributed by atoms with Crippen LogP contribution in [0.1, 0.15) is 0 Å².